The van der Waals surface area contributed by atoms with Gasteiger partial charge in [0.1, 0.15) is 6.61 Å². The Bertz CT molecular complexity index is 372. The number of ether oxygens (including phenoxy) is 1. The van der Waals surface area contributed by atoms with Crippen LogP contribution < -0.4 is 5.32 Å². The van der Waals surface area contributed by atoms with Crippen molar-refractivity contribution in [1.29, 1.82) is 0 Å². The number of alkyl halides is 2. The zero-order valence-corrected chi connectivity index (χ0v) is 10.8. The third kappa shape index (κ3) is 3.61. The Morgan fingerprint density at radius 3 is 3.18 bits per heavy atom. The fourth-order valence-electron chi connectivity index (χ4n) is 2.02. The molecule has 2 rings (SSSR count). The van der Waals surface area contributed by atoms with Crippen LogP contribution in [0, 0.1) is 0 Å². The molecule has 0 radical (unpaired) electrons. The second kappa shape index (κ2) is 6.09. The minimum atomic E-state index is -2.39. The smallest absolute Gasteiger partial charge is 0.261 e. The van der Waals surface area contributed by atoms with E-state index in [0.29, 0.717) is 19.2 Å². The maximum atomic E-state index is 11.8. The highest BCUT2D eigenvalue weighted by molar-refractivity contribution is 7.16. The van der Waals surface area contributed by atoms with Crippen LogP contribution in [0.2, 0.25) is 4.34 Å². The van der Waals surface area contributed by atoms with Gasteiger partial charge in [-0.3, -0.25) is 0 Å². The molecule has 1 aliphatic rings. The SMILES string of the molecule is FC(F)COCCNC1CCc2sc(Cl)cc21. The molecule has 0 fully saturated rings. The van der Waals surface area contributed by atoms with E-state index in [-0.39, 0.29) is 0 Å². The summed E-state index contributed by atoms with van der Waals surface area (Å²) in [7, 11) is 0. The number of rotatable bonds is 6. The van der Waals surface area contributed by atoms with Crippen molar-refractivity contribution in [3.05, 3.63) is 20.8 Å². The summed E-state index contributed by atoms with van der Waals surface area (Å²) in [6.07, 6.45) is -0.293. The van der Waals surface area contributed by atoms with Crippen LogP contribution in [0.1, 0.15) is 22.9 Å². The molecule has 96 valence electrons. The van der Waals surface area contributed by atoms with Gasteiger partial charge in [-0.15, -0.1) is 11.3 Å². The van der Waals surface area contributed by atoms with E-state index in [1.54, 1.807) is 11.3 Å². The van der Waals surface area contributed by atoms with Crippen molar-refractivity contribution in [3.8, 4) is 0 Å². The summed E-state index contributed by atoms with van der Waals surface area (Å²) in [5.74, 6) is 0. The van der Waals surface area contributed by atoms with Crippen molar-refractivity contribution in [2.45, 2.75) is 25.3 Å². The summed E-state index contributed by atoms with van der Waals surface area (Å²) in [6.45, 7) is 0.417. The van der Waals surface area contributed by atoms with Gasteiger partial charge >= 0.3 is 0 Å². The van der Waals surface area contributed by atoms with Gasteiger partial charge in [-0.2, -0.15) is 0 Å². The molecule has 0 bridgehead atoms. The molecule has 2 nitrogen and oxygen atoms in total. The highest BCUT2D eigenvalue weighted by Gasteiger charge is 2.24. The van der Waals surface area contributed by atoms with Gasteiger partial charge in [-0.25, -0.2) is 8.78 Å². The predicted molar refractivity (Wildman–Crippen MR) is 65.2 cm³/mol. The van der Waals surface area contributed by atoms with Crippen LogP contribution in [-0.4, -0.2) is 26.2 Å². The first-order valence-corrected chi connectivity index (χ1v) is 6.73. The van der Waals surface area contributed by atoms with Gasteiger partial charge in [-0.05, 0) is 24.5 Å². The van der Waals surface area contributed by atoms with Crippen LogP contribution >= 0.6 is 22.9 Å². The van der Waals surface area contributed by atoms with Crippen molar-refractivity contribution in [3.63, 3.8) is 0 Å². The Kier molecular flexibility index (Phi) is 4.73. The summed E-state index contributed by atoms with van der Waals surface area (Å²) >= 11 is 7.57. The van der Waals surface area contributed by atoms with E-state index >= 15 is 0 Å². The topological polar surface area (TPSA) is 21.3 Å². The molecule has 1 unspecified atom stereocenters. The van der Waals surface area contributed by atoms with Crippen LogP contribution in [0.25, 0.3) is 0 Å². The van der Waals surface area contributed by atoms with Gasteiger partial charge < -0.3 is 10.1 Å². The fourth-order valence-corrected chi connectivity index (χ4v) is 3.38. The lowest BCUT2D eigenvalue weighted by Crippen LogP contribution is -2.24. The summed E-state index contributed by atoms with van der Waals surface area (Å²) in [6, 6.07) is 2.29. The Morgan fingerprint density at radius 2 is 2.41 bits per heavy atom. The van der Waals surface area contributed by atoms with Gasteiger partial charge in [0.15, 0.2) is 0 Å². The average Bonchev–Trinajstić information content (AvgIpc) is 2.77. The predicted octanol–water partition coefficient (Wildman–Crippen LogP) is 3.26. The summed E-state index contributed by atoms with van der Waals surface area (Å²) in [4.78, 5) is 1.33. The molecule has 1 N–H and O–H groups in total. The third-order valence-corrected chi connectivity index (χ3v) is 4.07. The fraction of sp³-hybridized carbons (Fsp3) is 0.636. The number of halogens is 3. The Hall–Kier alpha value is -0.230. The first-order chi connectivity index (χ1) is 8.16. The monoisotopic (exact) mass is 281 g/mol. The van der Waals surface area contributed by atoms with Crippen LogP contribution in [0.15, 0.2) is 6.07 Å². The molecule has 0 aliphatic heterocycles. The van der Waals surface area contributed by atoms with Gasteiger partial charge in [0.25, 0.3) is 6.43 Å². The molecule has 0 spiro atoms. The van der Waals surface area contributed by atoms with E-state index < -0.39 is 13.0 Å². The zero-order valence-electron chi connectivity index (χ0n) is 9.22. The van der Waals surface area contributed by atoms with E-state index in [2.05, 4.69) is 5.32 Å². The van der Waals surface area contributed by atoms with E-state index in [1.165, 1.54) is 10.4 Å². The number of thiophene rings is 1. The summed E-state index contributed by atoms with van der Waals surface area (Å²) in [5.41, 5.74) is 1.26. The lowest BCUT2D eigenvalue weighted by molar-refractivity contribution is 0.0182. The second-order valence-electron chi connectivity index (χ2n) is 3.94. The molecule has 6 heteroatoms. The molecular formula is C11H14ClF2NOS. The molecule has 0 saturated heterocycles. The van der Waals surface area contributed by atoms with Gasteiger partial charge in [-0.1, -0.05) is 11.6 Å². The Morgan fingerprint density at radius 1 is 1.59 bits per heavy atom. The molecule has 1 aliphatic carbocycles. The average molecular weight is 282 g/mol. The van der Waals surface area contributed by atoms with Crippen LogP contribution in [0.5, 0.6) is 0 Å². The van der Waals surface area contributed by atoms with E-state index in [4.69, 9.17) is 16.3 Å². The number of hydrogen-bond acceptors (Lipinski definition) is 3. The van der Waals surface area contributed by atoms with E-state index in [9.17, 15) is 8.78 Å². The molecule has 0 amide bonds. The van der Waals surface area contributed by atoms with Crippen molar-refractivity contribution >= 4 is 22.9 Å². The largest absolute Gasteiger partial charge is 0.374 e. The van der Waals surface area contributed by atoms with E-state index in [0.717, 1.165) is 17.2 Å². The maximum Gasteiger partial charge on any atom is 0.261 e. The highest BCUT2D eigenvalue weighted by Crippen LogP contribution is 2.39. The van der Waals surface area contributed by atoms with Crippen LogP contribution in [0.3, 0.4) is 0 Å². The van der Waals surface area contributed by atoms with Crippen LogP contribution in [0.4, 0.5) is 8.78 Å². The zero-order chi connectivity index (χ0) is 12.3. The van der Waals surface area contributed by atoms with Crippen molar-refractivity contribution < 1.29 is 13.5 Å². The summed E-state index contributed by atoms with van der Waals surface area (Å²) in [5, 5.41) is 3.30. The maximum absolute atomic E-state index is 11.8. The molecule has 1 heterocycles. The molecule has 1 atom stereocenters. The van der Waals surface area contributed by atoms with Gasteiger partial charge in [0.05, 0.1) is 10.9 Å². The molecular weight excluding hydrogens is 268 g/mol. The van der Waals surface area contributed by atoms with Crippen LogP contribution in [-0.2, 0) is 11.2 Å². The van der Waals surface area contributed by atoms with Gasteiger partial charge in [0, 0.05) is 17.5 Å². The third-order valence-electron chi connectivity index (χ3n) is 2.73. The highest BCUT2D eigenvalue weighted by atomic mass is 35.5. The summed E-state index contributed by atoms with van der Waals surface area (Å²) < 4.78 is 29.2. The number of aryl methyl sites for hydroxylation is 1. The lowest BCUT2D eigenvalue weighted by Gasteiger charge is -2.12. The van der Waals surface area contributed by atoms with E-state index in [1.807, 2.05) is 6.07 Å². The Labute approximate surface area is 108 Å². The normalized spacial score (nSPS) is 18.9. The molecule has 1 aromatic heterocycles. The molecule has 1 aromatic rings. The molecule has 0 aromatic carbocycles. The van der Waals surface area contributed by atoms with Crippen molar-refractivity contribution in [1.82, 2.24) is 5.32 Å². The van der Waals surface area contributed by atoms with Gasteiger partial charge in [0.2, 0.25) is 0 Å². The van der Waals surface area contributed by atoms with Crippen molar-refractivity contribution in [2.24, 2.45) is 0 Å². The second-order valence-corrected chi connectivity index (χ2v) is 5.71. The number of nitrogens with one attached hydrogen (secondary N) is 1. The number of fused-ring (bicyclic) bond motifs is 1. The standard InChI is InChI=1S/C11H14ClF2NOS/c12-10-5-7-8(1-2-9(7)17-10)15-3-4-16-6-11(13)14/h5,8,11,15H,1-4,6H2. The van der Waals surface area contributed by atoms with Crippen molar-refractivity contribution in [2.75, 3.05) is 19.8 Å². The Balaban J connectivity index is 1.71. The minimum Gasteiger partial charge on any atom is -0.374 e. The first kappa shape index (κ1) is 13.2. The number of hydrogen-bond donors (Lipinski definition) is 1. The lowest BCUT2D eigenvalue weighted by atomic mass is 10.2. The molecule has 17 heavy (non-hydrogen) atoms. The minimum absolute atomic E-state index is 0.295. The quantitative estimate of drug-likeness (QED) is 0.808. The molecule has 0 saturated carbocycles. The first-order valence-electron chi connectivity index (χ1n) is 5.54.